The number of hydrazone groups is 1. The number of ether oxygens (including phenoxy) is 2. The van der Waals surface area contributed by atoms with Crippen molar-refractivity contribution in [1.29, 1.82) is 0 Å². The van der Waals surface area contributed by atoms with Gasteiger partial charge in [0.25, 0.3) is 11.8 Å². The van der Waals surface area contributed by atoms with Gasteiger partial charge in [-0.2, -0.15) is 5.10 Å². The van der Waals surface area contributed by atoms with Crippen molar-refractivity contribution in [2.45, 2.75) is 50.5 Å². The summed E-state index contributed by atoms with van der Waals surface area (Å²) in [7, 11) is 1.52. The minimum Gasteiger partial charge on any atom is -0.493 e. The first-order valence-corrected chi connectivity index (χ1v) is 17.4. The van der Waals surface area contributed by atoms with E-state index in [4.69, 9.17) is 9.47 Å². The zero-order valence-electron chi connectivity index (χ0n) is 28.1. The van der Waals surface area contributed by atoms with Gasteiger partial charge < -0.3 is 19.4 Å². The lowest BCUT2D eigenvalue weighted by Crippen LogP contribution is -2.48. The van der Waals surface area contributed by atoms with Crippen molar-refractivity contribution in [2.24, 2.45) is 22.9 Å². The Morgan fingerprint density at radius 1 is 0.820 bits per heavy atom. The van der Waals surface area contributed by atoms with Crippen molar-refractivity contribution < 1.29 is 19.1 Å². The van der Waals surface area contributed by atoms with Crippen LogP contribution in [0.2, 0.25) is 0 Å². The van der Waals surface area contributed by atoms with Crippen molar-refractivity contribution in [3.63, 3.8) is 0 Å². The zero-order valence-corrected chi connectivity index (χ0v) is 28.1. The molecule has 254 valence electrons. The molecule has 4 saturated carbocycles. The van der Waals surface area contributed by atoms with Crippen LogP contribution in [0.3, 0.4) is 0 Å². The van der Waals surface area contributed by atoms with Crippen LogP contribution in [0.4, 0.5) is 5.69 Å². The van der Waals surface area contributed by atoms with Gasteiger partial charge in [0.05, 0.1) is 24.4 Å². The lowest BCUT2D eigenvalue weighted by atomic mass is 9.48. The average Bonchev–Trinajstić information content (AvgIpc) is 3.12. The smallest absolute Gasteiger partial charge is 0.262 e. The topological polar surface area (TPSA) is 111 Å². The third-order valence-electron chi connectivity index (χ3n) is 10.9. The number of fused-ring (bicyclic) bond motifs is 2. The molecule has 1 heterocycles. The van der Waals surface area contributed by atoms with Crippen LogP contribution in [-0.4, -0.2) is 36.3 Å². The van der Waals surface area contributed by atoms with Crippen molar-refractivity contribution >= 4 is 45.5 Å². The van der Waals surface area contributed by atoms with E-state index in [1.807, 2.05) is 53.1 Å². The van der Waals surface area contributed by atoms with Crippen LogP contribution >= 0.6 is 0 Å². The highest BCUT2D eigenvalue weighted by Crippen LogP contribution is 2.60. The van der Waals surface area contributed by atoms with E-state index in [2.05, 4.69) is 28.0 Å². The van der Waals surface area contributed by atoms with Gasteiger partial charge in [0.2, 0.25) is 0 Å². The number of methoxy groups -OCH3 is 1. The molecule has 4 aliphatic carbocycles. The quantitative estimate of drug-likeness (QED) is 0.0967. The summed E-state index contributed by atoms with van der Waals surface area (Å²) < 4.78 is 13.2. The van der Waals surface area contributed by atoms with E-state index in [0.29, 0.717) is 44.3 Å². The van der Waals surface area contributed by atoms with E-state index < -0.39 is 0 Å². The molecule has 0 radical (unpaired) electrons. The minimum atomic E-state index is -0.347. The molecule has 0 unspecified atom stereocenters. The summed E-state index contributed by atoms with van der Waals surface area (Å²) in [4.78, 5) is 38.8. The first-order chi connectivity index (χ1) is 24.4. The number of carbonyl (C=O) groups is 2. The summed E-state index contributed by atoms with van der Waals surface area (Å²) in [5, 5.41) is 8.20. The second-order valence-corrected chi connectivity index (χ2v) is 14.3. The molecule has 2 amide bonds. The molecular weight excluding hydrogens is 628 g/mol. The molecule has 9 rings (SSSR count). The number of carbonyl (C=O) groups excluding carboxylic acids is 2. The molecule has 1 aromatic heterocycles. The van der Waals surface area contributed by atoms with Gasteiger partial charge in [-0.1, -0.05) is 36.4 Å². The Morgan fingerprint density at radius 2 is 1.44 bits per heavy atom. The number of pyridine rings is 1. The number of nitrogens with one attached hydrogen (secondary N) is 2. The van der Waals surface area contributed by atoms with Crippen LogP contribution in [0.25, 0.3) is 21.8 Å². The molecular formula is C41H40N4O5. The van der Waals surface area contributed by atoms with E-state index in [1.165, 1.54) is 57.4 Å². The molecule has 2 N–H and O–H groups in total. The van der Waals surface area contributed by atoms with Crippen molar-refractivity contribution in [1.82, 2.24) is 9.99 Å². The summed E-state index contributed by atoms with van der Waals surface area (Å²) in [5.74, 6) is 2.91. The summed E-state index contributed by atoms with van der Waals surface area (Å²) in [6.07, 6.45) is 9.70. The molecule has 0 saturated heterocycles. The number of hydrogen-bond acceptors (Lipinski definition) is 6. The maximum absolute atomic E-state index is 13.0. The fourth-order valence-corrected chi connectivity index (χ4v) is 9.20. The van der Waals surface area contributed by atoms with E-state index in [9.17, 15) is 14.4 Å². The van der Waals surface area contributed by atoms with Crippen LogP contribution in [0.5, 0.6) is 11.5 Å². The first-order valence-electron chi connectivity index (χ1n) is 17.4. The van der Waals surface area contributed by atoms with Crippen LogP contribution in [0.1, 0.15) is 49.7 Å². The Hall–Kier alpha value is -5.44. The lowest BCUT2D eigenvalue weighted by Gasteiger charge is -2.57. The average molecular weight is 669 g/mol. The van der Waals surface area contributed by atoms with Gasteiger partial charge in [-0.3, -0.25) is 14.4 Å². The molecule has 4 aromatic carbocycles. The van der Waals surface area contributed by atoms with Crippen molar-refractivity contribution in [3.05, 3.63) is 112 Å². The van der Waals surface area contributed by atoms with Crippen LogP contribution in [-0.2, 0) is 21.5 Å². The molecule has 9 heteroatoms. The van der Waals surface area contributed by atoms with Gasteiger partial charge in [-0.05, 0) is 127 Å². The first kappa shape index (κ1) is 31.8. The Bertz CT molecular complexity index is 2090. The van der Waals surface area contributed by atoms with Crippen molar-refractivity contribution in [3.8, 4) is 11.5 Å². The molecule has 4 aliphatic rings. The number of amides is 2. The molecule has 9 nitrogen and oxygen atoms in total. The Kier molecular flexibility index (Phi) is 8.34. The summed E-state index contributed by atoms with van der Waals surface area (Å²) >= 11 is 0. The second-order valence-electron chi connectivity index (χ2n) is 14.3. The van der Waals surface area contributed by atoms with E-state index in [-0.39, 0.29) is 30.4 Å². The van der Waals surface area contributed by atoms with E-state index in [0.717, 1.165) is 23.4 Å². The largest absolute Gasteiger partial charge is 0.493 e. The highest BCUT2D eigenvalue weighted by molar-refractivity contribution is 5.95. The number of aromatic nitrogens is 1. The van der Waals surface area contributed by atoms with Gasteiger partial charge in [-0.25, -0.2) is 5.43 Å². The standard InChI is InChI=1S/C41H40N4O5/c1-49-37-19-26(23-42-44-38(46)24-45-34-8-4-2-6-32(34)40(48)33-7-3-5-9-35(33)45)10-15-36(37)50-25-39(47)43-31-13-11-30(12-14-31)41-20-27-16-28(21-41)18-29(17-27)22-41/h2-15,19,23,27-29H,16-18,20-22,24-25H2,1H3,(H,43,47)(H,44,46)/b42-23+. The SMILES string of the molecule is COc1cc(/C=N/NC(=O)Cn2c3ccccc3c(=O)c3ccccc32)ccc1OCC(=O)Nc1ccc(C23CC4CC(CC(C4)C2)C3)cc1. The summed E-state index contributed by atoms with van der Waals surface area (Å²) in [5.41, 5.74) is 7.05. The number of rotatable bonds is 10. The van der Waals surface area contributed by atoms with Crippen molar-refractivity contribution in [2.75, 3.05) is 19.0 Å². The molecule has 50 heavy (non-hydrogen) atoms. The molecule has 0 spiro atoms. The molecule has 0 aliphatic heterocycles. The van der Waals surface area contributed by atoms with Gasteiger partial charge in [-0.15, -0.1) is 0 Å². The van der Waals surface area contributed by atoms with Crippen LogP contribution in [0, 0.1) is 17.8 Å². The van der Waals surface area contributed by atoms with Gasteiger partial charge >= 0.3 is 0 Å². The predicted octanol–water partition coefficient (Wildman–Crippen LogP) is 6.80. The highest BCUT2D eigenvalue weighted by atomic mass is 16.5. The summed E-state index contributed by atoms with van der Waals surface area (Å²) in [6, 6.07) is 28.2. The number of anilines is 1. The molecule has 0 atom stereocenters. The minimum absolute atomic E-state index is 0.0248. The predicted molar refractivity (Wildman–Crippen MR) is 195 cm³/mol. The summed E-state index contributed by atoms with van der Waals surface area (Å²) in [6.45, 7) is -0.200. The Morgan fingerprint density at radius 3 is 2.06 bits per heavy atom. The zero-order chi connectivity index (χ0) is 34.2. The Labute approximate surface area is 290 Å². The second kappa shape index (κ2) is 13.1. The van der Waals surface area contributed by atoms with Gasteiger partial charge in [0.15, 0.2) is 23.5 Å². The fraction of sp³-hybridized carbons (Fsp3) is 0.317. The van der Waals surface area contributed by atoms with E-state index in [1.54, 1.807) is 30.3 Å². The maximum Gasteiger partial charge on any atom is 0.262 e. The molecule has 4 bridgehead atoms. The maximum atomic E-state index is 13.0. The molecule has 4 fully saturated rings. The monoisotopic (exact) mass is 668 g/mol. The van der Waals surface area contributed by atoms with Gasteiger partial charge in [0.1, 0.15) is 6.54 Å². The normalized spacial score (nSPS) is 22.2. The third-order valence-corrected chi connectivity index (χ3v) is 10.9. The molecule has 5 aromatic rings. The Balaban J connectivity index is 0.868. The van der Waals surface area contributed by atoms with E-state index >= 15 is 0 Å². The third kappa shape index (κ3) is 6.12. The van der Waals surface area contributed by atoms with Crippen LogP contribution < -0.4 is 25.6 Å². The fourth-order valence-electron chi connectivity index (χ4n) is 9.20. The number of hydrogen-bond donors (Lipinski definition) is 2. The highest BCUT2D eigenvalue weighted by Gasteiger charge is 2.51. The number of benzene rings is 4. The van der Waals surface area contributed by atoms with Gasteiger partial charge in [0, 0.05) is 16.5 Å². The lowest BCUT2D eigenvalue weighted by molar-refractivity contribution is -0.121. The number of nitrogens with zero attached hydrogens (tertiary/aromatic N) is 2. The number of para-hydroxylation sites is 2. The van der Waals surface area contributed by atoms with Crippen LogP contribution in [0.15, 0.2) is 101 Å².